The lowest BCUT2D eigenvalue weighted by Gasteiger charge is -2.30. The molecule has 6 aromatic carbocycles. The Kier molecular flexibility index (Phi) is 25.2. The first kappa shape index (κ1) is 81.8. The number of hydrogen-bond acceptors (Lipinski definition) is 12. The Hall–Kier alpha value is -8.24. The van der Waals surface area contributed by atoms with E-state index in [1.165, 1.54) is 0 Å². The zero-order valence-corrected chi connectivity index (χ0v) is 68.7. The first-order valence-electron chi connectivity index (χ1n) is 38.4. The zero-order valence-electron chi connectivity index (χ0n) is 68.7. The van der Waals surface area contributed by atoms with Gasteiger partial charge in [0.05, 0.1) is 60.1 Å². The predicted molar refractivity (Wildman–Crippen MR) is 426 cm³/mol. The molecular formula is C90H125N5O11. The van der Waals surface area contributed by atoms with Crippen molar-refractivity contribution in [3.63, 3.8) is 0 Å². The molecule has 4 N–H and O–H groups in total. The van der Waals surface area contributed by atoms with Crippen LogP contribution in [0, 0.1) is 0 Å². The predicted octanol–water partition coefficient (Wildman–Crippen LogP) is 16.2. The van der Waals surface area contributed by atoms with Crippen LogP contribution in [0.15, 0.2) is 72.8 Å². The normalized spacial score (nSPS) is 17.0. The van der Waals surface area contributed by atoms with E-state index in [-0.39, 0.29) is 104 Å². The Morgan fingerprint density at radius 1 is 0.396 bits per heavy atom. The largest absolute Gasteiger partial charge is 0.496 e. The van der Waals surface area contributed by atoms with Crippen molar-refractivity contribution in [1.82, 2.24) is 26.2 Å². The number of carbonyl (C=O) groups is 4. The summed E-state index contributed by atoms with van der Waals surface area (Å²) in [6.45, 7) is 46.2. The molecule has 3 aliphatic heterocycles. The number of hydrogen-bond donors (Lipinski definition) is 4. The summed E-state index contributed by atoms with van der Waals surface area (Å²) >= 11 is 0. The number of carbonyl (C=O) groups excluding carboxylic acids is 4. The maximum absolute atomic E-state index is 15.4. The van der Waals surface area contributed by atoms with E-state index < -0.39 is 29.6 Å². The monoisotopic (exact) mass is 1450 g/mol. The van der Waals surface area contributed by atoms with Crippen molar-refractivity contribution in [3.05, 3.63) is 173 Å². The molecule has 0 spiro atoms. The van der Waals surface area contributed by atoms with E-state index in [1.807, 2.05) is 20.8 Å². The molecule has 16 nitrogen and oxygen atoms in total. The van der Waals surface area contributed by atoms with Gasteiger partial charge in [0, 0.05) is 45.1 Å². The van der Waals surface area contributed by atoms with Gasteiger partial charge in [0.25, 0.3) is 0 Å². The molecule has 0 unspecified atom stereocenters. The average molecular weight is 1450 g/mol. The van der Waals surface area contributed by atoms with Crippen LogP contribution in [-0.2, 0) is 90.1 Å². The number of amides is 4. The summed E-state index contributed by atoms with van der Waals surface area (Å²) in [7, 11) is 5.31. The number of unbranched alkanes of at least 4 members (excludes halogenated alkanes) is 1. The number of fused-ring (bicyclic) bond motifs is 21. The molecule has 106 heavy (non-hydrogen) atoms. The van der Waals surface area contributed by atoms with E-state index in [2.05, 4.69) is 219 Å². The third kappa shape index (κ3) is 20.7. The molecule has 576 valence electrons. The highest BCUT2D eigenvalue weighted by atomic mass is 16.6. The van der Waals surface area contributed by atoms with Crippen LogP contribution in [0.3, 0.4) is 0 Å². The Bertz CT molecular complexity index is 3930. The summed E-state index contributed by atoms with van der Waals surface area (Å²) in [5, 5.41) is 12.4. The Morgan fingerprint density at radius 3 is 0.896 bits per heavy atom. The second-order valence-electron chi connectivity index (χ2n) is 36.8. The van der Waals surface area contributed by atoms with Crippen LogP contribution in [0.5, 0.6) is 34.5 Å². The molecule has 0 aromatic heterocycles. The fourth-order valence-corrected chi connectivity index (χ4v) is 14.6. The maximum atomic E-state index is 15.4. The summed E-state index contributed by atoms with van der Waals surface area (Å²) in [6, 6.07) is 26.6. The topological polar surface area (TPSA) is 184 Å². The molecule has 3 aliphatic rings. The maximum Gasteiger partial charge on any atom is 0.407 e. The van der Waals surface area contributed by atoms with Crippen molar-refractivity contribution in [1.29, 1.82) is 0 Å². The molecular weight excluding hydrogens is 1330 g/mol. The zero-order chi connectivity index (χ0) is 77.8. The van der Waals surface area contributed by atoms with Crippen molar-refractivity contribution in [3.8, 4) is 34.5 Å². The molecule has 3 heterocycles. The van der Waals surface area contributed by atoms with Crippen molar-refractivity contribution in [2.24, 2.45) is 0 Å². The molecule has 4 amide bonds. The summed E-state index contributed by atoms with van der Waals surface area (Å²) in [4.78, 5) is 59.6. The molecule has 0 fully saturated rings. The van der Waals surface area contributed by atoms with Gasteiger partial charge in [-0.05, 0) is 173 Å². The van der Waals surface area contributed by atoms with Gasteiger partial charge in [-0.15, -0.1) is 0 Å². The quantitative estimate of drug-likeness (QED) is 0.106. The third-order valence-corrected chi connectivity index (χ3v) is 20.5. The van der Waals surface area contributed by atoms with Gasteiger partial charge in [0.1, 0.15) is 59.9 Å². The Labute approximate surface area is 634 Å². The minimum absolute atomic E-state index is 0.0698. The van der Waals surface area contributed by atoms with E-state index in [9.17, 15) is 14.4 Å². The van der Waals surface area contributed by atoms with Crippen LogP contribution in [0.4, 0.5) is 4.79 Å². The van der Waals surface area contributed by atoms with Crippen LogP contribution < -0.4 is 49.7 Å². The summed E-state index contributed by atoms with van der Waals surface area (Å²) in [5.41, 5.74) is 15.8. The molecule has 1 atom stereocenters. The van der Waals surface area contributed by atoms with E-state index in [0.29, 0.717) is 68.6 Å². The van der Waals surface area contributed by atoms with Gasteiger partial charge in [0.15, 0.2) is 0 Å². The standard InChI is InChI=1S/C90H125N5O11/c1-84(2,3)67-41-55-35-61-47-70(87(10,11)12)49-63-37-57-43-68(85(4,5)6)45-59(77(57)101-23)39-65-51-72(89(16,17)18)52-66-40-60-46-69(86(7,8)9)44-58(78(60)102-24)38-64-50-71(88(13,14)15)48-62(36-56(42-67)76(55)100-22)80(64)104-33-30-92-75(97)54-95(53-74(96)91-29-32-103-79(61)63)73(82(98)93-31-34-105-81(65)66)27-25-26-28-94-83(99)106-90(19,20)21/h41-52,73H,25-40,53-54H2,1-24H3,(H,91,96)(H,92,97)(H,93,98)(H,94,99)/t73-/m0/s1. The molecule has 6 aromatic rings. The number of rotatable bonds is 8. The van der Waals surface area contributed by atoms with Gasteiger partial charge in [-0.3, -0.25) is 19.3 Å². The molecule has 0 radical (unpaired) electrons. The van der Waals surface area contributed by atoms with Gasteiger partial charge in [-0.2, -0.15) is 0 Å². The third-order valence-electron chi connectivity index (χ3n) is 20.5. The van der Waals surface area contributed by atoms with Crippen LogP contribution in [-0.4, -0.2) is 121 Å². The van der Waals surface area contributed by atoms with Crippen molar-refractivity contribution in [2.45, 2.75) is 247 Å². The molecule has 16 heteroatoms. The fraction of sp³-hybridized carbons (Fsp3) is 0.556. The van der Waals surface area contributed by atoms with Crippen LogP contribution in [0.1, 0.15) is 265 Å². The number of nitrogens with zero attached hydrogens (tertiary/aromatic N) is 1. The summed E-state index contributed by atoms with van der Waals surface area (Å²) in [5.74, 6) is 3.15. The molecule has 0 aliphatic carbocycles. The van der Waals surface area contributed by atoms with Crippen LogP contribution >= 0.6 is 0 Å². The van der Waals surface area contributed by atoms with Crippen molar-refractivity contribution in [2.75, 3.05) is 80.4 Å². The van der Waals surface area contributed by atoms with Gasteiger partial charge in [0.2, 0.25) is 17.7 Å². The second kappa shape index (κ2) is 32.7. The van der Waals surface area contributed by atoms with Gasteiger partial charge in [-0.1, -0.05) is 197 Å². The molecule has 9 rings (SSSR count). The fourth-order valence-electron chi connectivity index (χ4n) is 14.6. The highest BCUT2D eigenvalue weighted by Crippen LogP contribution is 2.46. The van der Waals surface area contributed by atoms with Crippen molar-refractivity contribution >= 4 is 23.8 Å². The van der Waals surface area contributed by atoms with Crippen LogP contribution in [0.2, 0.25) is 0 Å². The number of benzene rings is 6. The second-order valence-corrected chi connectivity index (χ2v) is 36.8. The number of ether oxygens (including phenoxy) is 7. The molecule has 10 bridgehead atoms. The summed E-state index contributed by atoms with van der Waals surface area (Å²) in [6.07, 6.45) is 3.18. The minimum atomic E-state index is -0.983. The smallest absolute Gasteiger partial charge is 0.407 e. The highest BCUT2D eigenvalue weighted by Gasteiger charge is 2.34. The highest BCUT2D eigenvalue weighted by molar-refractivity contribution is 5.86. The van der Waals surface area contributed by atoms with Gasteiger partial charge < -0.3 is 54.4 Å². The van der Waals surface area contributed by atoms with E-state index >= 15 is 4.79 Å². The lowest BCUT2D eigenvalue weighted by Crippen LogP contribution is -2.54. The lowest BCUT2D eigenvalue weighted by atomic mass is 9.79. The van der Waals surface area contributed by atoms with Crippen molar-refractivity contribution < 1.29 is 52.3 Å². The number of alkyl carbamates (subject to hydrolysis) is 1. The summed E-state index contributed by atoms with van der Waals surface area (Å²) < 4.78 is 48.0. The minimum Gasteiger partial charge on any atom is -0.496 e. The first-order chi connectivity index (χ1) is 49.4. The first-order valence-corrected chi connectivity index (χ1v) is 38.4. The Morgan fingerprint density at radius 2 is 0.651 bits per heavy atom. The molecule has 0 saturated carbocycles. The van der Waals surface area contributed by atoms with Gasteiger partial charge >= 0.3 is 6.09 Å². The SMILES string of the molecule is COc1c2cc(C(C)(C)C)cc1Cc1cc(C(C)(C)C)cc3c1OCCNC(=O)CN1CC(=O)NCCOc4c(cc(C(C)(C)C)cc4Cc4cc(C(C)(C)C)cc(c4OC)Cc4cc(C(C)(C)C)cc(c4OCCNC(=O)[C@@H]1CCCCNC(=O)OC(C)(C)C)Cc1cc(C(C)(C)C)cc(c1OC)C3)C2. The lowest BCUT2D eigenvalue weighted by molar-refractivity contribution is -0.131. The van der Waals surface area contributed by atoms with E-state index in [1.54, 1.807) is 26.2 Å². The average Bonchev–Trinajstić information content (AvgIpc) is 0.769. The Balaban J connectivity index is 1.43. The number of nitrogens with one attached hydrogen (secondary N) is 4. The van der Waals surface area contributed by atoms with Crippen LogP contribution in [0.25, 0.3) is 0 Å². The van der Waals surface area contributed by atoms with E-state index in [4.69, 9.17) is 33.2 Å². The van der Waals surface area contributed by atoms with E-state index in [0.717, 1.165) is 117 Å². The van der Waals surface area contributed by atoms with Gasteiger partial charge in [-0.25, -0.2) is 4.79 Å². The molecule has 0 saturated heterocycles. The number of methoxy groups -OCH3 is 3.